The average Bonchev–Trinajstić information content (AvgIpc) is 2.49. The van der Waals surface area contributed by atoms with Gasteiger partial charge in [-0.1, -0.05) is 19.9 Å². The third-order valence-electron chi connectivity index (χ3n) is 3.07. The summed E-state index contributed by atoms with van der Waals surface area (Å²) in [7, 11) is 0. The molecule has 0 atom stereocenters. The fourth-order valence-corrected chi connectivity index (χ4v) is 2.02. The molecule has 3 N–H and O–H groups in total. The first-order valence-electron chi connectivity index (χ1n) is 8.72. The topological polar surface area (TPSA) is 79.5 Å². The Kier molecular flexibility index (Phi) is 8.41. The van der Waals surface area contributed by atoms with Crippen LogP contribution in [0.2, 0.25) is 0 Å². The summed E-state index contributed by atoms with van der Waals surface area (Å²) in [6.45, 7) is 11.9. The van der Waals surface area contributed by atoms with Gasteiger partial charge in [0.1, 0.15) is 0 Å². The molecule has 3 amide bonds. The Labute approximate surface area is 150 Å². The van der Waals surface area contributed by atoms with E-state index in [0.717, 1.165) is 13.0 Å². The molecule has 0 saturated heterocycles. The van der Waals surface area contributed by atoms with Gasteiger partial charge >= 0.3 is 6.03 Å². The van der Waals surface area contributed by atoms with Crippen LogP contribution in [0.4, 0.5) is 10.5 Å². The van der Waals surface area contributed by atoms with Crippen molar-refractivity contribution >= 4 is 17.6 Å². The molecule has 1 aromatic rings. The second-order valence-corrected chi connectivity index (χ2v) is 7.49. The van der Waals surface area contributed by atoms with E-state index in [1.54, 1.807) is 24.3 Å². The molecule has 6 nitrogen and oxygen atoms in total. The van der Waals surface area contributed by atoms with Crippen molar-refractivity contribution in [1.82, 2.24) is 10.6 Å². The third-order valence-corrected chi connectivity index (χ3v) is 3.07. The van der Waals surface area contributed by atoms with Gasteiger partial charge in [0.05, 0.1) is 0 Å². The summed E-state index contributed by atoms with van der Waals surface area (Å²) in [5.41, 5.74) is 0.778. The summed E-state index contributed by atoms with van der Waals surface area (Å²) in [6, 6.07) is 6.58. The van der Waals surface area contributed by atoms with Crippen LogP contribution >= 0.6 is 0 Å². The summed E-state index contributed by atoms with van der Waals surface area (Å²) in [5, 5.41) is 8.41. The van der Waals surface area contributed by atoms with Gasteiger partial charge in [-0.25, -0.2) is 4.79 Å². The highest BCUT2D eigenvalue weighted by molar-refractivity contribution is 5.97. The lowest BCUT2D eigenvalue weighted by Gasteiger charge is -2.20. The number of rotatable bonds is 8. The van der Waals surface area contributed by atoms with Crippen molar-refractivity contribution in [2.45, 2.75) is 46.6 Å². The van der Waals surface area contributed by atoms with Crippen LogP contribution in [-0.4, -0.2) is 37.2 Å². The minimum absolute atomic E-state index is 0.168. The first-order valence-corrected chi connectivity index (χ1v) is 8.72. The van der Waals surface area contributed by atoms with E-state index in [4.69, 9.17) is 4.74 Å². The maximum atomic E-state index is 12.2. The van der Waals surface area contributed by atoms with Crippen LogP contribution in [0.25, 0.3) is 0 Å². The first kappa shape index (κ1) is 21.0. The van der Waals surface area contributed by atoms with Crippen molar-refractivity contribution in [2.24, 2.45) is 5.92 Å². The van der Waals surface area contributed by atoms with Gasteiger partial charge in [0.25, 0.3) is 5.91 Å². The third kappa shape index (κ3) is 9.72. The smallest absolute Gasteiger partial charge is 0.319 e. The quantitative estimate of drug-likeness (QED) is 0.629. The largest absolute Gasteiger partial charge is 0.381 e. The highest BCUT2D eigenvalue weighted by Crippen LogP contribution is 2.12. The Balaban J connectivity index is 2.40. The van der Waals surface area contributed by atoms with Gasteiger partial charge < -0.3 is 20.7 Å². The highest BCUT2D eigenvalue weighted by Gasteiger charge is 2.15. The number of anilines is 1. The van der Waals surface area contributed by atoms with E-state index < -0.39 is 0 Å². The highest BCUT2D eigenvalue weighted by atomic mass is 16.5. The zero-order valence-electron chi connectivity index (χ0n) is 15.9. The molecule has 0 spiro atoms. The molecular formula is C19H31N3O3. The van der Waals surface area contributed by atoms with Gasteiger partial charge in [-0.2, -0.15) is 0 Å². The van der Waals surface area contributed by atoms with E-state index >= 15 is 0 Å². The van der Waals surface area contributed by atoms with Gasteiger partial charge in [0.2, 0.25) is 0 Å². The molecule has 0 fully saturated rings. The number of hydrogen-bond donors (Lipinski definition) is 3. The Bertz CT molecular complexity index is 565. The minimum Gasteiger partial charge on any atom is -0.381 e. The van der Waals surface area contributed by atoms with Crippen LogP contribution in [0.5, 0.6) is 0 Å². The lowest BCUT2D eigenvalue weighted by atomic mass is 10.1. The van der Waals surface area contributed by atoms with Crippen LogP contribution in [0.3, 0.4) is 0 Å². The van der Waals surface area contributed by atoms with E-state index in [1.165, 1.54) is 0 Å². The summed E-state index contributed by atoms with van der Waals surface area (Å²) < 4.78 is 5.46. The van der Waals surface area contributed by atoms with E-state index in [-0.39, 0.29) is 17.5 Å². The molecule has 1 aromatic carbocycles. The second kappa shape index (κ2) is 10.0. The number of amides is 3. The summed E-state index contributed by atoms with van der Waals surface area (Å²) in [4.78, 5) is 24.1. The second-order valence-electron chi connectivity index (χ2n) is 7.49. The molecule has 0 bridgehead atoms. The lowest BCUT2D eigenvalue weighted by molar-refractivity contribution is 0.0919. The SMILES string of the molecule is CC(C)COCCCNC(=O)Nc1cccc(C(=O)NC(C)(C)C)c1. The van der Waals surface area contributed by atoms with Gasteiger partial charge in [-0.3, -0.25) is 4.79 Å². The average molecular weight is 349 g/mol. The van der Waals surface area contributed by atoms with Crippen LogP contribution in [0, 0.1) is 5.92 Å². The van der Waals surface area contributed by atoms with Crippen molar-refractivity contribution in [3.8, 4) is 0 Å². The molecule has 1 rings (SSSR count). The number of hydrogen-bond acceptors (Lipinski definition) is 3. The molecule has 0 aliphatic carbocycles. The van der Waals surface area contributed by atoms with Crippen LogP contribution < -0.4 is 16.0 Å². The maximum absolute atomic E-state index is 12.2. The predicted molar refractivity (Wildman–Crippen MR) is 101 cm³/mol. The summed E-state index contributed by atoms with van der Waals surface area (Å²) in [6.07, 6.45) is 0.758. The van der Waals surface area contributed by atoms with Crippen LogP contribution in [0.15, 0.2) is 24.3 Å². The number of carbonyl (C=O) groups excluding carboxylic acids is 2. The molecule has 0 radical (unpaired) electrons. The lowest BCUT2D eigenvalue weighted by Crippen LogP contribution is -2.40. The zero-order valence-corrected chi connectivity index (χ0v) is 15.9. The molecule has 0 heterocycles. The molecule has 6 heteroatoms. The van der Waals surface area contributed by atoms with Crippen molar-refractivity contribution in [3.05, 3.63) is 29.8 Å². The summed E-state index contributed by atoms with van der Waals surface area (Å²) >= 11 is 0. The van der Waals surface area contributed by atoms with E-state index in [2.05, 4.69) is 29.8 Å². The van der Waals surface area contributed by atoms with Gasteiger partial charge in [0.15, 0.2) is 0 Å². The molecule has 0 aliphatic rings. The maximum Gasteiger partial charge on any atom is 0.319 e. The monoisotopic (exact) mass is 349 g/mol. The van der Waals surface area contributed by atoms with Crippen molar-refractivity contribution in [2.75, 3.05) is 25.1 Å². The number of urea groups is 1. The van der Waals surface area contributed by atoms with E-state index in [9.17, 15) is 9.59 Å². The number of benzene rings is 1. The molecule has 140 valence electrons. The number of ether oxygens (including phenoxy) is 1. The zero-order chi connectivity index (χ0) is 18.9. The molecule has 25 heavy (non-hydrogen) atoms. The van der Waals surface area contributed by atoms with Crippen molar-refractivity contribution < 1.29 is 14.3 Å². The first-order chi connectivity index (χ1) is 11.7. The van der Waals surface area contributed by atoms with E-state index in [0.29, 0.717) is 30.3 Å². The number of carbonyl (C=O) groups is 2. The standard InChI is InChI=1S/C19H31N3O3/c1-14(2)13-25-11-7-10-20-18(24)21-16-9-6-8-15(12-16)17(23)22-19(3,4)5/h6,8-9,12,14H,7,10-11,13H2,1-5H3,(H,22,23)(H2,20,21,24). The van der Waals surface area contributed by atoms with Gasteiger partial charge in [-0.15, -0.1) is 0 Å². The fraction of sp³-hybridized carbons (Fsp3) is 0.579. The van der Waals surface area contributed by atoms with E-state index in [1.807, 2.05) is 20.8 Å². The van der Waals surface area contributed by atoms with Gasteiger partial charge in [-0.05, 0) is 51.3 Å². The summed E-state index contributed by atoms with van der Waals surface area (Å²) in [5.74, 6) is 0.345. The Morgan fingerprint density at radius 3 is 2.56 bits per heavy atom. The van der Waals surface area contributed by atoms with Crippen molar-refractivity contribution in [1.29, 1.82) is 0 Å². The Morgan fingerprint density at radius 1 is 1.20 bits per heavy atom. The normalized spacial score (nSPS) is 11.3. The molecule has 0 saturated carbocycles. The van der Waals surface area contributed by atoms with Gasteiger partial charge in [0, 0.05) is 36.5 Å². The molecular weight excluding hydrogens is 318 g/mol. The molecule has 0 unspecified atom stereocenters. The number of nitrogens with one attached hydrogen (secondary N) is 3. The Morgan fingerprint density at radius 2 is 1.92 bits per heavy atom. The predicted octanol–water partition coefficient (Wildman–Crippen LogP) is 3.40. The Hall–Kier alpha value is -2.08. The molecule has 0 aliphatic heterocycles. The van der Waals surface area contributed by atoms with Crippen molar-refractivity contribution in [3.63, 3.8) is 0 Å². The van der Waals surface area contributed by atoms with Crippen LogP contribution in [0.1, 0.15) is 51.4 Å². The fourth-order valence-electron chi connectivity index (χ4n) is 2.02. The van der Waals surface area contributed by atoms with Crippen LogP contribution in [-0.2, 0) is 4.74 Å². The minimum atomic E-state index is -0.310. The molecule has 0 aromatic heterocycles.